The number of benzene rings is 2. The second kappa shape index (κ2) is 7.55. The number of aryl methyl sites for hydroxylation is 1. The maximum absolute atomic E-state index is 12.6. The number of nitro benzene ring substituents is 1. The maximum atomic E-state index is 12.6. The van der Waals surface area contributed by atoms with Crippen molar-refractivity contribution in [2.75, 3.05) is 7.05 Å². The van der Waals surface area contributed by atoms with Crippen molar-refractivity contribution in [1.29, 1.82) is 0 Å². The molecular formula is C18H15ClN4O4. The van der Waals surface area contributed by atoms with E-state index in [1.165, 1.54) is 24.1 Å². The molecule has 0 radical (unpaired) electrons. The van der Waals surface area contributed by atoms with Gasteiger partial charge in [-0.25, -0.2) is 0 Å². The van der Waals surface area contributed by atoms with E-state index >= 15 is 0 Å². The van der Waals surface area contributed by atoms with Crippen LogP contribution in [0.4, 0.5) is 5.69 Å². The molecule has 8 nitrogen and oxygen atoms in total. The van der Waals surface area contributed by atoms with Crippen LogP contribution in [0.3, 0.4) is 0 Å². The molecule has 138 valence electrons. The van der Waals surface area contributed by atoms with Crippen molar-refractivity contribution in [2.45, 2.75) is 13.5 Å². The second-order valence-corrected chi connectivity index (χ2v) is 6.36. The highest BCUT2D eigenvalue weighted by Gasteiger charge is 2.21. The van der Waals surface area contributed by atoms with Crippen LogP contribution in [0.15, 0.2) is 46.9 Å². The Hall–Kier alpha value is -3.26. The Morgan fingerprint density at radius 3 is 2.59 bits per heavy atom. The number of aromatic nitrogens is 2. The van der Waals surface area contributed by atoms with E-state index in [0.29, 0.717) is 5.89 Å². The molecule has 0 saturated heterocycles. The Balaban J connectivity index is 1.77. The van der Waals surface area contributed by atoms with Gasteiger partial charge in [0, 0.05) is 24.7 Å². The lowest BCUT2D eigenvalue weighted by molar-refractivity contribution is -0.384. The van der Waals surface area contributed by atoms with Gasteiger partial charge in [-0.3, -0.25) is 14.9 Å². The van der Waals surface area contributed by atoms with Gasteiger partial charge < -0.3 is 9.32 Å². The topological polar surface area (TPSA) is 102 Å². The van der Waals surface area contributed by atoms with Crippen molar-refractivity contribution in [3.8, 4) is 11.5 Å². The second-order valence-electron chi connectivity index (χ2n) is 5.95. The highest BCUT2D eigenvalue weighted by molar-refractivity contribution is 6.33. The van der Waals surface area contributed by atoms with Crippen LogP contribution < -0.4 is 0 Å². The first-order chi connectivity index (χ1) is 12.8. The fourth-order valence-corrected chi connectivity index (χ4v) is 2.60. The average Bonchev–Trinajstić information content (AvgIpc) is 3.10. The SMILES string of the molecule is Cc1ccc(-c2nnc(CN(C)C(=O)c3cc([N+](=O)[O-])ccc3Cl)o2)cc1. The molecule has 9 heteroatoms. The summed E-state index contributed by atoms with van der Waals surface area (Å²) in [6.07, 6.45) is 0. The van der Waals surface area contributed by atoms with Gasteiger partial charge in [-0.1, -0.05) is 29.3 Å². The Labute approximate surface area is 159 Å². The minimum Gasteiger partial charge on any atom is -0.419 e. The minimum atomic E-state index is -0.584. The summed E-state index contributed by atoms with van der Waals surface area (Å²) in [7, 11) is 1.52. The number of hydrogen-bond acceptors (Lipinski definition) is 6. The van der Waals surface area contributed by atoms with E-state index in [0.717, 1.165) is 17.2 Å². The molecule has 2 aromatic carbocycles. The van der Waals surface area contributed by atoms with Crippen LogP contribution in [-0.2, 0) is 6.54 Å². The molecule has 0 spiro atoms. The normalized spacial score (nSPS) is 10.6. The number of rotatable bonds is 5. The van der Waals surface area contributed by atoms with E-state index in [2.05, 4.69) is 10.2 Å². The zero-order valence-electron chi connectivity index (χ0n) is 14.5. The summed E-state index contributed by atoms with van der Waals surface area (Å²) in [5.41, 5.74) is 1.70. The summed E-state index contributed by atoms with van der Waals surface area (Å²) < 4.78 is 5.60. The molecule has 0 aliphatic carbocycles. The van der Waals surface area contributed by atoms with Crippen molar-refractivity contribution in [3.05, 3.63) is 74.6 Å². The van der Waals surface area contributed by atoms with Gasteiger partial charge in [-0.2, -0.15) is 0 Å². The van der Waals surface area contributed by atoms with Crippen molar-refractivity contribution >= 4 is 23.2 Å². The van der Waals surface area contributed by atoms with E-state index in [1.54, 1.807) is 0 Å². The van der Waals surface area contributed by atoms with Gasteiger partial charge in [0.15, 0.2) is 0 Å². The first kappa shape index (κ1) is 18.5. The lowest BCUT2D eigenvalue weighted by atomic mass is 10.1. The van der Waals surface area contributed by atoms with Crippen LogP contribution in [0.25, 0.3) is 11.5 Å². The molecule has 0 aliphatic rings. The third-order valence-electron chi connectivity index (χ3n) is 3.88. The molecule has 0 bridgehead atoms. The maximum Gasteiger partial charge on any atom is 0.270 e. The highest BCUT2D eigenvalue weighted by atomic mass is 35.5. The molecular weight excluding hydrogens is 372 g/mol. The summed E-state index contributed by atoms with van der Waals surface area (Å²) in [6, 6.07) is 11.3. The Morgan fingerprint density at radius 1 is 1.22 bits per heavy atom. The van der Waals surface area contributed by atoms with Crippen LogP contribution in [0.5, 0.6) is 0 Å². The zero-order valence-corrected chi connectivity index (χ0v) is 15.3. The Bertz CT molecular complexity index is 1000. The smallest absolute Gasteiger partial charge is 0.270 e. The van der Waals surface area contributed by atoms with Crippen LogP contribution in [-0.4, -0.2) is 33.0 Å². The van der Waals surface area contributed by atoms with E-state index in [9.17, 15) is 14.9 Å². The van der Waals surface area contributed by atoms with Crippen LogP contribution in [0, 0.1) is 17.0 Å². The number of nitrogens with zero attached hydrogens (tertiary/aromatic N) is 4. The lowest BCUT2D eigenvalue weighted by Gasteiger charge is -2.15. The van der Waals surface area contributed by atoms with Crippen LogP contribution >= 0.6 is 11.6 Å². The summed E-state index contributed by atoms with van der Waals surface area (Å²) in [5.74, 6) is 0.0981. The molecule has 3 aromatic rings. The molecule has 0 atom stereocenters. The van der Waals surface area contributed by atoms with Gasteiger partial charge in [0.2, 0.25) is 11.8 Å². The molecule has 1 heterocycles. The van der Waals surface area contributed by atoms with Crippen molar-refractivity contribution in [2.24, 2.45) is 0 Å². The molecule has 3 rings (SSSR count). The number of nitro groups is 1. The summed E-state index contributed by atoms with van der Waals surface area (Å²) in [6.45, 7) is 2.01. The molecule has 0 unspecified atom stereocenters. The van der Waals surface area contributed by atoms with Crippen molar-refractivity contribution < 1.29 is 14.1 Å². The molecule has 1 amide bonds. The monoisotopic (exact) mass is 386 g/mol. The van der Waals surface area contributed by atoms with Gasteiger partial charge in [-0.05, 0) is 25.1 Å². The van der Waals surface area contributed by atoms with Gasteiger partial charge in [-0.15, -0.1) is 10.2 Å². The zero-order chi connectivity index (χ0) is 19.6. The van der Waals surface area contributed by atoms with Crippen LogP contribution in [0.1, 0.15) is 21.8 Å². The van der Waals surface area contributed by atoms with Crippen LogP contribution in [0.2, 0.25) is 5.02 Å². The average molecular weight is 387 g/mol. The fraction of sp³-hybridized carbons (Fsp3) is 0.167. The van der Waals surface area contributed by atoms with Gasteiger partial charge >= 0.3 is 0 Å². The Morgan fingerprint density at radius 2 is 1.93 bits per heavy atom. The van der Waals surface area contributed by atoms with Gasteiger partial charge in [0.1, 0.15) is 0 Å². The molecule has 0 saturated carbocycles. The van der Waals surface area contributed by atoms with Crippen molar-refractivity contribution in [3.63, 3.8) is 0 Å². The molecule has 0 aliphatic heterocycles. The number of amides is 1. The summed E-state index contributed by atoms with van der Waals surface area (Å²) in [5, 5.41) is 19.0. The quantitative estimate of drug-likeness (QED) is 0.487. The Kier molecular flexibility index (Phi) is 5.18. The number of carbonyl (C=O) groups excluding carboxylic acids is 1. The fourth-order valence-electron chi connectivity index (χ4n) is 2.40. The summed E-state index contributed by atoms with van der Waals surface area (Å²) in [4.78, 5) is 24.2. The summed E-state index contributed by atoms with van der Waals surface area (Å²) >= 11 is 6.02. The largest absolute Gasteiger partial charge is 0.419 e. The third kappa shape index (κ3) is 4.12. The van der Waals surface area contributed by atoms with Gasteiger partial charge in [0.25, 0.3) is 11.6 Å². The van der Waals surface area contributed by atoms with E-state index in [-0.39, 0.29) is 28.7 Å². The number of non-ortho nitro benzene ring substituents is 1. The predicted molar refractivity (Wildman–Crippen MR) is 98.4 cm³/mol. The molecule has 27 heavy (non-hydrogen) atoms. The first-order valence-electron chi connectivity index (χ1n) is 7.94. The van der Waals surface area contributed by atoms with E-state index in [4.69, 9.17) is 16.0 Å². The minimum absolute atomic E-state index is 0.0339. The highest BCUT2D eigenvalue weighted by Crippen LogP contribution is 2.24. The number of hydrogen-bond donors (Lipinski definition) is 0. The number of carbonyl (C=O) groups is 1. The first-order valence-corrected chi connectivity index (χ1v) is 8.32. The predicted octanol–water partition coefficient (Wildman–Crippen LogP) is 3.88. The number of halogens is 1. The lowest BCUT2D eigenvalue weighted by Crippen LogP contribution is -2.26. The molecule has 0 N–H and O–H groups in total. The standard InChI is InChI=1S/C18H15ClN4O4/c1-11-3-5-12(6-4-11)17-21-20-16(27-17)10-22(2)18(24)14-9-13(23(25)26)7-8-15(14)19/h3-9H,10H2,1-2H3. The third-order valence-corrected chi connectivity index (χ3v) is 4.21. The van der Waals surface area contributed by atoms with Crippen molar-refractivity contribution in [1.82, 2.24) is 15.1 Å². The molecule has 0 fully saturated rings. The van der Waals surface area contributed by atoms with Gasteiger partial charge in [0.05, 0.1) is 22.1 Å². The van der Waals surface area contributed by atoms with E-state index in [1.807, 2.05) is 31.2 Å². The van der Waals surface area contributed by atoms with E-state index < -0.39 is 10.8 Å². The molecule has 1 aromatic heterocycles.